The Morgan fingerprint density at radius 3 is 2.81 bits per heavy atom. The Morgan fingerprint density at radius 2 is 2.19 bits per heavy atom. The van der Waals surface area contributed by atoms with Crippen molar-refractivity contribution >= 4 is 57.7 Å². The number of β-lactam (4-membered cyclic amide) rings is 1. The maximum Gasteiger partial charge on any atom is 0.356 e. The number of nitrogens with two attached hydrogens (primary N) is 1. The zero-order chi connectivity index (χ0) is 26.0. The van der Waals surface area contributed by atoms with Crippen LogP contribution < -0.4 is 11.1 Å². The number of carbonyl (C=O) groups excluding carboxylic acids is 2. The van der Waals surface area contributed by atoms with Gasteiger partial charge in [0.15, 0.2) is 22.6 Å². The van der Waals surface area contributed by atoms with Gasteiger partial charge in [0.05, 0.1) is 5.75 Å². The minimum absolute atomic E-state index is 0.0223. The van der Waals surface area contributed by atoms with Crippen molar-refractivity contribution in [3.05, 3.63) is 40.7 Å². The van der Waals surface area contributed by atoms with Crippen molar-refractivity contribution in [3.63, 3.8) is 0 Å². The molecule has 2 amide bonds. The van der Waals surface area contributed by atoms with Gasteiger partial charge in [0.25, 0.3) is 11.8 Å². The second-order valence-corrected chi connectivity index (χ2v) is 9.35. The molecule has 0 bridgehead atoms. The van der Waals surface area contributed by atoms with Crippen molar-refractivity contribution in [2.75, 3.05) is 18.1 Å². The number of nitrogens with zero attached hydrogens (tertiary/aromatic N) is 4. The second kappa shape index (κ2) is 10.2. The van der Waals surface area contributed by atoms with E-state index < -0.39 is 47.9 Å². The van der Waals surface area contributed by atoms with Crippen LogP contribution in [0.5, 0.6) is 0 Å². The lowest BCUT2D eigenvalue weighted by Crippen LogP contribution is -2.71. The van der Waals surface area contributed by atoms with Crippen molar-refractivity contribution in [2.45, 2.75) is 24.4 Å². The molecule has 2 aromatic rings. The Labute approximate surface area is 210 Å². The van der Waals surface area contributed by atoms with Gasteiger partial charge in [-0.1, -0.05) is 5.16 Å². The lowest BCUT2D eigenvalue weighted by atomic mass is 10.0. The van der Waals surface area contributed by atoms with Gasteiger partial charge in [-0.25, -0.2) is 19.6 Å². The molecule has 190 valence electrons. The molecule has 0 saturated carbocycles. The first-order valence-corrected chi connectivity index (χ1v) is 12.1. The number of fused-ring (bicyclic) bond motifs is 1. The zero-order valence-corrected chi connectivity index (χ0v) is 20.0. The Kier molecular flexibility index (Phi) is 7.11. The molecular formula is C19H19N7O8S2. The van der Waals surface area contributed by atoms with E-state index in [1.165, 1.54) is 23.3 Å². The molecule has 0 aliphatic carbocycles. The number of anilines is 1. The number of hydrogen-bond donors (Lipinski definition) is 5. The molecule has 15 nitrogen and oxygen atoms in total. The highest BCUT2D eigenvalue weighted by Crippen LogP contribution is 2.41. The second-order valence-electron chi connectivity index (χ2n) is 7.35. The number of thioether (sulfide) groups is 1. The fraction of sp³-hybridized carbons (Fsp3) is 0.316. The number of carbonyl (C=O) groups is 4. The number of aromatic nitrogens is 3. The molecule has 6 N–H and O–H groups in total. The van der Waals surface area contributed by atoms with Crippen LogP contribution >= 0.6 is 23.1 Å². The van der Waals surface area contributed by atoms with E-state index >= 15 is 0 Å². The lowest BCUT2D eigenvalue weighted by molar-refractivity contribution is -0.150. The minimum atomic E-state index is -1.36. The predicted molar refractivity (Wildman–Crippen MR) is 124 cm³/mol. The molecule has 36 heavy (non-hydrogen) atoms. The number of aromatic amines is 1. The molecule has 1 unspecified atom stereocenters. The summed E-state index contributed by atoms with van der Waals surface area (Å²) < 4.78 is 5.79. The SMILES string of the molecule is CC(OC1=C(C(=O)O)N2C(=O)[C@@H](NC(=O)C(=NOCC(=O)O)c3csc(N)n3)[C@@H]2SC1)c1ncc[nH]1. The van der Waals surface area contributed by atoms with E-state index in [1.54, 1.807) is 13.1 Å². The lowest BCUT2D eigenvalue weighted by Gasteiger charge is -2.49. The average Bonchev–Trinajstić information content (AvgIpc) is 3.51. The third kappa shape index (κ3) is 4.96. The highest BCUT2D eigenvalue weighted by molar-refractivity contribution is 8.00. The normalized spacial score (nSPS) is 20.3. The van der Waals surface area contributed by atoms with Crippen LogP contribution in [0.4, 0.5) is 5.13 Å². The summed E-state index contributed by atoms with van der Waals surface area (Å²) >= 11 is 2.22. The van der Waals surface area contributed by atoms with E-state index in [0.29, 0.717) is 5.82 Å². The summed E-state index contributed by atoms with van der Waals surface area (Å²) in [4.78, 5) is 65.2. The molecule has 17 heteroatoms. The molecule has 3 atom stereocenters. The molecule has 4 heterocycles. The van der Waals surface area contributed by atoms with Gasteiger partial charge in [0, 0.05) is 17.8 Å². The number of imidazole rings is 1. The van der Waals surface area contributed by atoms with Crippen LogP contribution in [0.15, 0.2) is 34.4 Å². The standard InChI is InChI=1S/C19H19N7O8S2/c1-7(14-21-2-3-22-14)34-9-6-35-17-12(16(30)26(17)13(9)18(31)32)24-15(29)11(25-33-4-10(27)28)8-5-36-19(20)23-8/h2-3,5,7,12,17H,4,6H2,1H3,(H2,20,23)(H,21,22)(H,24,29)(H,27,28)(H,31,32)/t7?,12-,17+/m1/s1. The number of carboxylic acid groups (broad SMARTS) is 2. The first kappa shape index (κ1) is 25.0. The molecule has 4 rings (SSSR count). The van der Waals surface area contributed by atoms with Crippen molar-refractivity contribution < 1.29 is 39.0 Å². The van der Waals surface area contributed by atoms with Gasteiger partial charge < -0.3 is 35.8 Å². The summed E-state index contributed by atoms with van der Waals surface area (Å²) in [5.41, 5.74) is 4.92. The van der Waals surface area contributed by atoms with E-state index in [0.717, 1.165) is 16.2 Å². The van der Waals surface area contributed by atoms with E-state index in [1.807, 2.05) is 0 Å². The molecule has 2 aliphatic rings. The van der Waals surface area contributed by atoms with Crippen LogP contribution in [0, 0.1) is 0 Å². The monoisotopic (exact) mass is 537 g/mol. The van der Waals surface area contributed by atoms with Crippen LogP contribution in [-0.2, 0) is 28.8 Å². The maximum absolute atomic E-state index is 12.9. The topological polar surface area (TPSA) is 222 Å². The molecule has 1 fully saturated rings. The molecule has 0 aromatic carbocycles. The number of thiazole rings is 1. The van der Waals surface area contributed by atoms with Gasteiger partial charge in [-0.05, 0) is 6.92 Å². The van der Waals surface area contributed by atoms with E-state index in [9.17, 15) is 24.3 Å². The number of nitrogen functional groups attached to an aromatic ring is 1. The fourth-order valence-electron chi connectivity index (χ4n) is 3.41. The Hall–Kier alpha value is -4.12. The van der Waals surface area contributed by atoms with Crippen LogP contribution in [0.1, 0.15) is 24.5 Å². The zero-order valence-electron chi connectivity index (χ0n) is 18.4. The fourth-order valence-corrected chi connectivity index (χ4v) is 5.22. The molecule has 2 aliphatic heterocycles. The molecular weight excluding hydrogens is 518 g/mol. The van der Waals surface area contributed by atoms with Crippen molar-refractivity contribution in [1.82, 2.24) is 25.2 Å². The quantitative estimate of drug-likeness (QED) is 0.150. The number of H-pyrrole nitrogens is 1. The smallest absolute Gasteiger partial charge is 0.356 e. The van der Waals surface area contributed by atoms with Crippen LogP contribution in [-0.4, -0.2) is 83.3 Å². The van der Waals surface area contributed by atoms with E-state index in [-0.39, 0.29) is 33.7 Å². The van der Waals surface area contributed by atoms with Crippen LogP contribution in [0.3, 0.4) is 0 Å². The number of ether oxygens (including phenoxy) is 1. The van der Waals surface area contributed by atoms with Crippen molar-refractivity contribution in [3.8, 4) is 0 Å². The number of rotatable bonds is 10. The Balaban J connectivity index is 1.51. The first-order chi connectivity index (χ1) is 17.2. The van der Waals surface area contributed by atoms with Gasteiger partial charge in [-0.2, -0.15) is 0 Å². The number of amides is 2. The van der Waals surface area contributed by atoms with Crippen LogP contribution in [0.2, 0.25) is 0 Å². The average molecular weight is 538 g/mol. The highest BCUT2D eigenvalue weighted by atomic mass is 32.2. The van der Waals surface area contributed by atoms with E-state index in [2.05, 4.69) is 30.3 Å². The third-order valence-corrected chi connectivity index (χ3v) is 6.90. The first-order valence-electron chi connectivity index (χ1n) is 10.2. The Morgan fingerprint density at radius 1 is 1.42 bits per heavy atom. The minimum Gasteiger partial charge on any atom is -0.484 e. The Bertz CT molecular complexity index is 1260. The van der Waals surface area contributed by atoms with Gasteiger partial charge in [-0.15, -0.1) is 23.1 Å². The molecule has 0 spiro atoms. The summed E-state index contributed by atoms with van der Waals surface area (Å²) in [5, 5.41) is 25.4. The highest BCUT2D eigenvalue weighted by Gasteiger charge is 2.55. The van der Waals surface area contributed by atoms with Gasteiger partial charge in [0.1, 0.15) is 28.7 Å². The third-order valence-electron chi connectivity index (χ3n) is 4.97. The summed E-state index contributed by atoms with van der Waals surface area (Å²) in [6.45, 7) is 0.874. The van der Waals surface area contributed by atoms with Crippen LogP contribution in [0.25, 0.3) is 0 Å². The number of carboxylic acids is 2. The number of oxime groups is 1. The molecule has 1 saturated heterocycles. The van der Waals surface area contributed by atoms with Crippen molar-refractivity contribution in [2.24, 2.45) is 5.16 Å². The summed E-state index contributed by atoms with van der Waals surface area (Å²) in [5.74, 6) is -3.52. The summed E-state index contributed by atoms with van der Waals surface area (Å²) in [6, 6.07) is -1.08. The largest absolute Gasteiger partial charge is 0.484 e. The number of hydrogen-bond acceptors (Lipinski definition) is 12. The predicted octanol–water partition coefficient (Wildman–Crippen LogP) is -0.272. The van der Waals surface area contributed by atoms with Crippen molar-refractivity contribution in [1.29, 1.82) is 0 Å². The maximum atomic E-state index is 12.9. The number of nitrogens with one attached hydrogen (secondary N) is 2. The molecule has 0 radical (unpaired) electrons. The van der Waals surface area contributed by atoms with E-state index in [4.69, 9.17) is 15.6 Å². The van der Waals surface area contributed by atoms with Gasteiger partial charge in [0.2, 0.25) is 6.61 Å². The van der Waals surface area contributed by atoms with Gasteiger partial charge >= 0.3 is 11.9 Å². The summed E-state index contributed by atoms with van der Waals surface area (Å²) in [7, 11) is 0. The summed E-state index contributed by atoms with van der Waals surface area (Å²) in [6.07, 6.45) is 2.54. The number of aliphatic carboxylic acids is 2. The molecule has 2 aromatic heterocycles. The van der Waals surface area contributed by atoms with Gasteiger partial charge in [-0.3, -0.25) is 14.5 Å².